The molecule has 116 valence electrons. The van der Waals surface area contributed by atoms with Crippen LogP contribution in [-0.2, 0) is 0 Å². The molecule has 0 radical (unpaired) electrons. The van der Waals surface area contributed by atoms with Crippen molar-refractivity contribution >= 4 is 17.3 Å². The monoisotopic (exact) mass is 295 g/mol. The second kappa shape index (κ2) is 7.58. The first kappa shape index (κ1) is 16.9. The van der Waals surface area contributed by atoms with E-state index in [4.69, 9.17) is 0 Å². The number of carbonyl (C=O) groups excluding carboxylic acids is 1. The maximum Gasteiger partial charge on any atom is 0.292 e. The second-order valence-electron chi connectivity index (χ2n) is 5.23. The molecule has 7 heteroatoms. The lowest BCUT2D eigenvalue weighted by atomic mass is 10.1. The summed E-state index contributed by atoms with van der Waals surface area (Å²) < 4.78 is 0. The van der Waals surface area contributed by atoms with Crippen LogP contribution in [0.2, 0.25) is 0 Å². The van der Waals surface area contributed by atoms with Crippen molar-refractivity contribution in [1.82, 2.24) is 5.32 Å². The van der Waals surface area contributed by atoms with Gasteiger partial charge in [-0.15, -0.1) is 0 Å². The molecule has 0 aliphatic rings. The number of nitro groups is 1. The lowest BCUT2D eigenvalue weighted by Crippen LogP contribution is -2.22. The van der Waals surface area contributed by atoms with E-state index in [1.165, 1.54) is 25.2 Å². The predicted octanol–water partition coefficient (Wildman–Crippen LogP) is 1.77. The summed E-state index contributed by atoms with van der Waals surface area (Å²) in [5.74, 6) is 0.00432. The normalized spacial score (nSPS) is 12.0. The Balaban J connectivity index is 2.91. The molecule has 3 N–H and O–H groups in total. The van der Waals surface area contributed by atoms with E-state index in [1.54, 1.807) is 0 Å². The van der Waals surface area contributed by atoms with Crippen LogP contribution in [0.25, 0.3) is 0 Å². The molecule has 7 nitrogen and oxygen atoms in total. The molecule has 0 saturated carbocycles. The fraction of sp³-hybridized carbons (Fsp3) is 0.500. The smallest absolute Gasteiger partial charge is 0.292 e. The average molecular weight is 295 g/mol. The lowest BCUT2D eigenvalue weighted by molar-refractivity contribution is -0.384. The van der Waals surface area contributed by atoms with E-state index >= 15 is 0 Å². The van der Waals surface area contributed by atoms with E-state index in [0.717, 1.165) is 0 Å². The number of nitro benzene ring substituents is 1. The molecule has 1 atom stereocenters. The van der Waals surface area contributed by atoms with Gasteiger partial charge in [-0.25, -0.2) is 0 Å². The third-order valence-electron chi connectivity index (χ3n) is 2.95. The minimum atomic E-state index is -0.603. The highest BCUT2D eigenvalue weighted by Gasteiger charge is 2.17. The van der Waals surface area contributed by atoms with Gasteiger partial charge in [0.05, 0.1) is 11.0 Å². The van der Waals surface area contributed by atoms with Crippen LogP contribution in [0.15, 0.2) is 18.2 Å². The number of aliphatic hydroxyl groups is 1. The number of anilines is 1. The SMILES string of the molecule is CNC(=O)c1ccc([N+](=O)[O-])c(NCC(O)CC(C)C)c1. The van der Waals surface area contributed by atoms with Gasteiger partial charge in [0.2, 0.25) is 0 Å². The van der Waals surface area contributed by atoms with Crippen molar-refractivity contribution in [2.45, 2.75) is 26.4 Å². The summed E-state index contributed by atoms with van der Waals surface area (Å²) in [6.45, 7) is 4.16. The van der Waals surface area contributed by atoms with Gasteiger partial charge in [0.1, 0.15) is 5.69 Å². The van der Waals surface area contributed by atoms with Crippen LogP contribution in [0.3, 0.4) is 0 Å². The van der Waals surface area contributed by atoms with Gasteiger partial charge < -0.3 is 15.7 Å². The van der Waals surface area contributed by atoms with Crippen LogP contribution in [0.5, 0.6) is 0 Å². The predicted molar refractivity (Wildman–Crippen MR) is 80.4 cm³/mol. The third-order valence-corrected chi connectivity index (χ3v) is 2.95. The summed E-state index contributed by atoms with van der Waals surface area (Å²) in [5, 5.41) is 26.1. The zero-order valence-corrected chi connectivity index (χ0v) is 12.4. The number of benzene rings is 1. The van der Waals surface area contributed by atoms with Crippen LogP contribution >= 0.6 is 0 Å². The standard InChI is InChI=1S/C14H21N3O4/c1-9(2)6-11(18)8-16-12-7-10(14(19)15-3)4-5-13(12)17(20)21/h4-5,7,9,11,16,18H,6,8H2,1-3H3,(H,15,19). The minimum Gasteiger partial charge on any atom is -0.391 e. The summed E-state index contributed by atoms with van der Waals surface area (Å²) in [6, 6.07) is 4.09. The Hall–Kier alpha value is -2.15. The Bertz CT molecular complexity index is 517. The number of hydrogen-bond acceptors (Lipinski definition) is 5. The maximum absolute atomic E-state index is 11.6. The number of rotatable bonds is 7. The van der Waals surface area contributed by atoms with E-state index in [1.807, 2.05) is 13.8 Å². The van der Waals surface area contributed by atoms with Crippen molar-refractivity contribution < 1.29 is 14.8 Å². The van der Waals surface area contributed by atoms with Crippen LogP contribution < -0.4 is 10.6 Å². The number of nitrogens with one attached hydrogen (secondary N) is 2. The molecule has 0 aromatic heterocycles. The quantitative estimate of drug-likeness (QED) is 0.525. The van der Waals surface area contributed by atoms with Crippen molar-refractivity contribution in [2.75, 3.05) is 18.9 Å². The Morgan fingerprint density at radius 2 is 2.10 bits per heavy atom. The summed E-state index contributed by atoms with van der Waals surface area (Å²) in [5.41, 5.74) is 0.423. The van der Waals surface area contributed by atoms with Gasteiger partial charge in [0, 0.05) is 25.2 Å². The highest BCUT2D eigenvalue weighted by Crippen LogP contribution is 2.25. The van der Waals surface area contributed by atoms with E-state index < -0.39 is 11.0 Å². The molecular formula is C14H21N3O4. The van der Waals surface area contributed by atoms with Crippen molar-refractivity contribution in [3.05, 3.63) is 33.9 Å². The molecule has 1 aromatic rings. The van der Waals surface area contributed by atoms with Gasteiger partial charge >= 0.3 is 0 Å². The first-order valence-electron chi connectivity index (χ1n) is 6.77. The summed E-state index contributed by atoms with van der Waals surface area (Å²) >= 11 is 0. The summed E-state index contributed by atoms with van der Waals surface area (Å²) in [4.78, 5) is 22.0. The number of nitrogens with zero attached hydrogens (tertiary/aromatic N) is 1. The van der Waals surface area contributed by atoms with Crippen LogP contribution in [0.1, 0.15) is 30.6 Å². The molecule has 0 aliphatic heterocycles. The largest absolute Gasteiger partial charge is 0.391 e. The average Bonchev–Trinajstić information content (AvgIpc) is 2.43. The van der Waals surface area contributed by atoms with Crippen molar-refractivity contribution in [3.8, 4) is 0 Å². The van der Waals surface area contributed by atoms with Gasteiger partial charge in [-0.3, -0.25) is 14.9 Å². The molecule has 1 aromatic carbocycles. The molecule has 1 unspecified atom stereocenters. The zero-order chi connectivity index (χ0) is 16.0. The molecular weight excluding hydrogens is 274 g/mol. The molecule has 1 amide bonds. The van der Waals surface area contributed by atoms with Crippen molar-refractivity contribution in [1.29, 1.82) is 0 Å². The Kier molecular flexibility index (Phi) is 6.10. The summed E-state index contributed by atoms with van der Waals surface area (Å²) in [7, 11) is 1.49. The third kappa shape index (κ3) is 5.03. The van der Waals surface area contributed by atoms with Crippen molar-refractivity contribution in [3.63, 3.8) is 0 Å². The van der Waals surface area contributed by atoms with E-state index in [-0.39, 0.29) is 23.8 Å². The lowest BCUT2D eigenvalue weighted by Gasteiger charge is -2.15. The van der Waals surface area contributed by atoms with Gasteiger partial charge in [0.25, 0.3) is 11.6 Å². The molecule has 1 rings (SSSR count). The van der Waals surface area contributed by atoms with Gasteiger partial charge in [0.15, 0.2) is 0 Å². The van der Waals surface area contributed by atoms with Crippen molar-refractivity contribution in [2.24, 2.45) is 5.92 Å². The first-order chi connectivity index (χ1) is 9.85. The van der Waals surface area contributed by atoms with Crippen LogP contribution in [0, 0.1) is 16.0 Å². The fourth-order valence-electron chi connectivity index (χ4n) is 1.98. The molecule has 0 heterocycles. The highest BCUT2D eigenvalue weighted by atomic mass is 16.6. The Morgan fingerprint density at radius 1 is 1.43 bits per heavy atom. The fourth-order valence-corrected chi connectivity index (χ4v) is 1.98. The van der Waals surface area contributed by atoms with Gasteiger partial charge in [-0.05, 0) is 24.5 Å². The highest BCUT2D eigenvalue weighted by molar-refractivity contribution is 5.95. The Morgan fingerprint density at radius 3 is 2.62 bits per heavy atom. The van der Waals surface area contributed by atoms with Crippen LogP contribution in [-0.4, -0.2) is 35.6 Å². The minimum absolute atomic E-state index is 0.126. The maximum atomic E-state index is 11.6. The number of hydrogen-bond donors (Lipinski definition) is 3. The number of aliphatic hydroxyl groups excluding tert-OH is 1. The van der Waals surface area contributed by atoms with Gasteiger partial charge in [-0.2, -0.15) is 0 Å². The molecule has 0 saturated heterocycles. The summed E-state index contributed by atoms with van der Waals surface area (Å²) in [6.07, 6.45) is -0.0103. The van der Waals surface area contributed by atoms with E-state index in [0.29, 0.717) is 17.9 Å². The van der Waals surface area contributed by atoms with Crippen LogP contribution in [0.4, 0.5) is 11.4 Å². The zero-order valence-electron chi connectivity index (χ0n) is 12.4. The number of carbonyl (C=O) groups is 1. The Labute approximate surface area is 123 Å². The molecule has 0 aliphatic carbocycles. The number of amides is 1. The second-order valence-corrected chi connectivity index (χ2v) is 5.23. The molecule has 0 fully saturated rings. The topological polar surface area (TPSA) is 104 Å². The molecule has 0 spiro atoms. The first-order valence-corrected chi connectivity index (χ1v) is 6.77. The van der Waals surface area contributed by atoms with E-state index in [9.17, 15) is 20.0 Å². The molecule has 0 bridgehead atoms. The van der Waals surface area contributed by atoms with E-state index in [2.05, 4.69) is 10.6 Å². The van der Waals surface area contributed by atoms with Gasteiger partial charge in [-0.1, -0.05) is 13.8 Å². The molecule has 21 heavy (non-hydrogen) atoms.